The Hall–Kier alpha value is -3.45. The summed E-state index contributed by atoms with van der Waals surface area (Å²) in [6.45, 7) is 9.14. The van der Waals surface area contributed by atoms with Crippen molar-refractivity contribution < 1.29 is 14.4 Å². The third-order valence-corrected chi connectivity index (χ3v) is 6.24. The predicted octanol–water partition coefficient (Wildman–Crippen LogP) is 5.18. The molecular weight excluding hydrogens is 452 g/mol. The van der Waals surface area contributed by atoms with E-state index in [1.807, 2.05) is 18.5 Å². The van der Waals surface area contributed by atoms with Crippen LogP contribution in [0.15, 0.2) is 42.5 Å². The molecule has 0 atom stereocenters. The van der Waals surface area contributed by atoms with Crippen molar-refractivity contribution in [3.05, 3.63) is 75.6 Å². The van der Waals surface area contributed by atoms with E-state index in [1.54, 1.807) is 42.5 Å². The number of nitrogens with one attached hydrogen (secondary N) is 1. The lowest BCUT2D eigenvalue weighted by Crippen LogP contribution is -2.29. The molecule has 1 N–H and O–H groups in total. The molecule has 1 aliphatic rings. The van der Waals surface area contributed by atoms with Gasteiger partial charge in [0.2, 0.25) is 5.91 Å². The Balaban J connectivity index is 1.43. The molecule has 0 unspecified atom stereocenters. The van der Waals surface area contributed by atoms with Gasteiger partial charge in [-0.3, -0.25) is 19.1 Å². The number of aryl methyl sites for hydroxylation is 1. The number of fused-ring (bicyclic) bond motifs is 1. The van der Waals surface area contributed by atoms with E-state index >= 15 is 0 Å². The van der Waals surface area contributed by atoms with Crippen molar-refractivity contribution in [1.29, 1.82) is 0 Å². The Morgan fingerprint density at radius 1 is 1.06 bits per heavy atom. The van der Waals surface area contributed by atoms with Crippen LogP contribution in [-0.4, -0.2) is 27.5 Å². The van der Waals surface area contributed by atoms with Crippen LogP contribution in [0.2, 0.25) is 5.02 Å². The third-order valence-electron chi connectivity index (χ3n) is 5.94. The summed E-state index contributed by atoms with van der Waals surface area (Å²) < 4.78 is 2.00. The molecule has 34 heavy (non-hydrogen) atoms. The average molecular weight is 479 g/mol. The Morgan fingerprint density at radius 3 is 2.29 bits per heavy atom. The Labute approximate surface area is 203 Å². The van der Waals surface area contributed by atoms with Crippen molar-refractivity contribution in [2.45, 2.75) is 47.1 Å². The van der Waals surface area contributed by atoms with Gasteiger partial charge in [-0.05, 0) is 62.1 Å². The van der Waals surface area contributed by atoms with Gasteiger partial charge < -0.3 is 5.32 Å². The van der Waals surface area contributed by atoms with Gasteiger partial charge in [-0.1, -0.05) is 37.6 Å². The van der Waals surface area contributed by atoms with Crippen molar-refractivity contribution in [3.8, 4) is 0 Å². The lowest BCUT2D eigenvalue weighted by Gasteiger charge is -2.16. The monoisotopic (exact) mass is 478 g/mol. The first-order valence-corrected chi connectivity index (χ1v) is 11.6. The van der Waals surface area contributed by atoms with Crippen LogP contribution in [0.3, 0.4) is 0 Å². The van der Waals surface area contributed by atoms with Crippen LogP contribution >= 0.6 is 11.6 Å². The molecule has 3 aromatic rings. The van der Waals surface area contributed by atoms with Gasteiger partial charge in [-0.2, -0.15) is 5.10 Å². The molecule has 1 aliphatic heterocycles. The molecule has 0 spiro atoms. The number of halogens is 1. The molecule has 0 aliphatic carbocycles. The molecule has 2 heterocycles. The van der Waals surface area contributed by atoms with Crippen LogP contribution < -0.4 is 10.2 Å². The zero-order valence-corrected chi connectivity index (χ0v) is 20.4. The van der Waals surface area contributed by atoms with Crippen molar-refractivity contribution in [2.24, 2.45) is 5.92 Å². The average Bonchev–Trinajstić information content (AvgIpc) is 3.19. The maximum Gasteiger partial charge on any atom is 0.266 e. The second-order valence-electron chi connectivity index (χ2n) is 8.93. The Kier molecular flexibility index (Phi) is 6.57. The SMILES string of the molecule is Cc1nn(CC(C)C)c(C)c1CCC(=O)Nc1ccc(N2C(=O)c3ccccc3C2=O)c(Cl)c1. The fourth-order valence-electron chi connectivity index (χ4n) is 4.26. The van der Waals surface area contributed by atoms with Crippen LogP contribution in [0.1, 0.15) is 57.9 Å². The van der Waals surface area contributed by atoms with E-state index in [-0.39, 0.29) is 16.6 Å². The highest BCUT2D eigenvalue weighted by Crippen LogP contribution is 2.34. The summed E-state index contributed by atoms with van der Waals surface area (Å²) >= 11 is 6.42. The number of anilines is 2. The molecule has 0 saturated heterocycles. The molecule has 8 heteroatoms. The van der Waals surface area contributed by atoms with Crippen molar-refractivity contribution in [1.82, 2.24) is 9.78 Å². The van der Waals surface area contributed by atoms with Crippen LogP contribution in [0.4, 0.5) is 11.4 Å². The molecule has 2 aromatic carbocycles. The van der Waals surface area contributed by atoms with E-state index in [2.05, 4.69) is 24.3 Å². The standard InChI is InChI=1S/C26H27ClN4O3/c1-15(2)14-30-17(4)19(16(3)29-30)10-12-24(32)28-18-9-11-23(22(27)13-18)31-25(33)20-7-5-6-8-21(20)26(31)34/h5-9,11,13,15H,10,12,14H2,1-4H3,(H,28,32). The van der Waals surface area contributed by atoms with Crippen LogP contribution in [0, 0.1) is 19.8 Å². The fraction of sp³-hybridized carbons (Fsp3) is 0.308. The quantitative estimate of drug-likeness (QED) is 0.474. The maximum atomic E-state index is 12.7. The van der Waals surface area contributed by atoms with Crippen molar-refractivity contribution in [2.75, 3.05) is 10.2 Å². The smallest absolute Gasteiger partial charge is 0.266 e. The highest BCUT2D eigenvalue weighted by molar-refractivity contribution is 6.40. The second kappa shape index (κ2) is 9.43. The largest absolute Gasteiger partial charge is 0.326 e. The normalized spacial score (nSPS) is 13.1. The van der Waals surface area contributed by atoms with Gasteiger partial charge in [-0.25, -0.2) is 4.90 Å². The Bertz CT molecular complexity index is 1260. The van der Waals surface area contributed by atoms with E-state index in [1.165, 1.54) is 0 Å². The molecule has 7 nitrogen and oxygen atoms in total. The minimum atomic E-state index is -0.414. The van der Waals surface area contributed by atoms with Gasteiger partial charge in [0, 0.05) is 24.3 Å². The summed E-state index contributed by atoms with van der Waals surface area (Å²) in [6, 6.07) is 11.4. The molecule has 1 aromatic heterocycles. The van der Waals surface area contributed by atoms with E-state index in [4.69, 9.17) is 11.6 Å². The van der Waals surface area contributed by atoms with Crippen LogP contribution in [-0.2, 0) is 17.8 Å². The molecular formula is C26H27ClN4O3. The predicted molar refractivity (Wildman–Crippen MR) is 133 cm³/mol. The summed E-state index contributed by atoms with van der Waals surface area (Å²) in [5, 5.41) is 7.66. The minimum Gasteiger partial charge on any atom is -0.326 e. The molecule has 176 valence electrons. The summed E-state index contributed by atoms with van der Waals surface area (Å²) in [7, 11) is 0. The van der Waals surface area contributed by atoms with Crippen molar-refractivity contribution in [3.63, 3.8) is 0 Å². The maximum absolute atomic E-state index is 12.7. The zero-order valence-electron chi connectivity index (χ0n) is 19.7. The first-order valence-electron chi connectivity index (χ1n) is 11.3. The number of amides is 3. The lowest BCUT2D eigenvalue weighted by molar-refractivity contribution is -0.116. The summed E-state index contributed by atoms with van der Waals surface area (Å²) in [6.07, 6.45) is 0.884. The van der Waals surface area contributed by atoms with Gasteiger partial charge in [0.05, 0.1) is 27.5 Å². The van der Waals surface area contributed by atoms with E-state index in [0.717, 1.165) is 28.4 Å². The number of rotatable bonds is 7. The van der Waals surface area contributed by atoms with Crippen molar-refractivity contribution >= 4 is 40.7 Å². The number of carbonyl (C=O) groups is 3. The molecule has 0 fully saturated rings. The number of imide groups is 1. The number of carbonyl (C=O) groups excluding carboxylic acids is 3. The third kappa shape index (κ3) is 4.48. The molecule has 0 radical (unpaired) electrons. The fourth-order valence-corrected chi connectivity index (χ4v) is 4.52. The summed E-state index contributed by atoms with van der Waals surface area (Å²) in [5.74, 6) is -0.492. The number of hydrogen-bond acceptors (Lipinski definition) is 4. The van der Waals surface area contributed by atoms with Crippen LogP contribution in [0.25, 0.3) is 0 Å². The topological polar surface area (TPSA) is 84.3 Å². The molecule has 3 amide bonds. The van der Waals surface area contributed by atoms with Gasteiger partial charge in [-0.15, -0.1) is 0 Å². The first-order chi connectivity index (χ1) is 16.2. The number of nitrogens with zero attached hydrogens (tertiary/aromatic N) is 3. The van der Waals surface area contributed by atoms with Gasteiger partial charge >= 0.3 is 0 Å². The van der Waals surface area contributed by atoms with Gasteiger partial charge in [0.1, 0.15) is 0 Å². The minimum absolute atomic E-state index is 0.153. The number of hydrogen-bond donors (Lipinski definition) is 1. The number of aromatic nitrogens is 2. The lowest BCUT2D eigenvalue weighted by atomic mass is 10.1. The highest BCUT2D eigenvalue weighted by Gasteiger charge is 2.37. The van der Waals surface area contributed by atoms with Gasteiger partial charge in [0.15, 0.2) is 0 Å². The van der Waals surface area contributed by atoms with Gasteiger partial charge in [0.25, 0.3) is 11.8 Å². The molecule has 4 rings (SSSR count). The summed E-state index contributed by atoms with van der Waals surface area (Å²) in [5.41, 5.74) is 4.61. The van der Waals surface area contributed by atoms with Crippen LogP contribution in [0.5, 0.6) is 0 Å². The second-order valence-corrected chi connectivity index (χ2v) is 9.34. The molecule has 0 bridgehead atoms. The number of benzene rings is 2. The van der Waals surface area contributed by atoms with E-state index in [0.29, 0.717) is 35.6 Å². The molecule has 0 saturated carbocycles. The van der Waals surface area contributed by atoms with E-state index in [9.17, 15) is 14.4 Å². The summed E-state index contributed by atoms with van der Waals surface area (Å²) in [4.78, 5) is 39.1. The first kappa shape index (κ1) is 23.7. The zero-order chi connectivity index (χ0) is 24.6. The Morgan fingerprint density at radius 2 is 1.71 bits per heavy atom. The van der Waals surface area contributed by atoms with E-state index < -0.39 is 11.8 Å². The highest BCUT2D eigenvalue weighted by atomic mass is 35.5.